The van der Waals surface area contributed by atoms with Crippen molar-refractivity contribution in [2.75, 3.05) is 11.1 Å². The highest BCUT2D eigenvalue weighted by molar-refractivity contribution is 8.01. The Bertz CT molecular complexity index is 888. The number of amides is 1. The van der Waals surface area contributed by atoms with E-state index in [4.69, 9.17) is 4.74 Å². The second kappa shape index (κ2) is 10.5. The summed E-state index contributed by atoms with van der Waals surface area (Å²) in [5.74, 6) is 6.30. The van der Waals surface area contributed by atoms with Crippen LogP contribution in [0.1, 0.15) is 53.4 Å². The molecule has 5 nitrogen and oxygen atoms in total. The minimum Gasteiger partial charge on any atom is -0.460 e. The van der Waals surface area contributed by atoms with Gasteiger partial charge >= 0.3 is 5.97 Å². The Labute approximate surface area is 174 Å². The van der Waals surface area contributed by atoms with Crippen LogP contribution in [0.5, 0.6) is 0 Å². The molecule has 2 aromatic rings. The van der Waals surface area contributed by atoms with E-state index in [1.165, 1.54) is 0 Å². The number of esters is 1. The maximum absolute atomic E-state index is 12.1. The minimum absolute atomic E-state index is 0.307. The Kier molecular flexibility index (Phi) is 8.34. The molecule has 28 heavy (non-hydrogen) atoms. The zero-order valence-electron chi connectivity index (χ0n) is 16.8. The van der Waals surface area contributed by atoms with Gasteiger partial charge in [0.05, 0.1) is 10.2 Å². The Morgan fingerprint density at radius 3 is 2.71 bits per heavy atom. The number of carbonyl (C=O) groups is 2. The van der Waals surface area contributed by atoms with Gasteiger partial charge in [-0.2, -0.15) is 0 Å². The highest BCUT2D eigenvalue weighted by Crippen LogP contribution is 2.31. The number of anilines is 1. The predicted molar refractivity (Wildman–Crippen MR) is 117 cm³/mol. The summed E-state index contributed by atoms with van der Waals surface area (Å²) in [5, 5.41) is 2.75. The van der Waals surface area contributed by atoms with Crippen LogP contribution >= 0.6 is 23.1 Å². The monoisotopic (exact) mass is 418 g/mol. The van der Waals surface area contributed by atoms with E-state index in [-0.39, 0.29) is 6.42 Å². The number of nitrogens with one attached hydrogen (secondary N) is 1. The van der Waals surface area contributed by atoms with Crippen molar-refractivity contribution in [3.63, 3.8) is 0 Å². The molecule has 0 radical (unpaired) electrons. The molecule has 1 aromatic carbocycles. The van der Waals surface area contributed by atoms with Gasteiger partial charge in [0.25, 0.3) is 0 Å². The van der Waals surface area contributed by atoms with E-state index in [0.717, 1.165) is 39.6 Å². The fourth-order valence-corrected chi connectivity index (χ4v) is 4.28. The van der Waals surface area contributed by atoms with Crippen LogP contribution in [-0.2, 0) is 14.3 Å². The van der Waals surface area contributed by atoms with E-state index in [9.17, 15) is 9.59 Å². The van der Waals surface area contributed by atoms with E-state index in [1.807, 2.05) is 12.1 Å². The normalized spacial score (nSPS) is 11.0. The first kappa shape index (κ1) is 22.3. The maximum atomic E-state index is 12.1. The van der Waals surface area contributed by atoms with Crippen molar-refractivity contribution < 1.29 is 14.3 Å². The second-order valence-corrected chi connectivity index (χ2v) is 9.55. The van der Waals surface area contributed by atoms with Crippen molar-refractivity contribution in [3.8, 4) is 11.8 Å². The van der Waals surface area contributed by atoms with Crippen LogP contribution in [0.15, 0.2) is 22.5 Å². The van der Waals surface area contributed by atoms with Gasteiger partial charge in [0.1, 0.15) is 12.0 Å². The summed E-state index contributed by atoms with van der Waals surface area (Å²) in [6.07, 6.45) is 2.59. The van der Waals surface area contributed by atoms with E-state index in [1.54, 1.807) is 49.9 Å². The topological polar surface area (TPSA) is 68.3 Å². The largest absolute Gasteiger partial charge is 0.460 e. The van der Waals surface area contributed by atoms with Crippen LogP contribution in [0.25, 0.3) is 10.2 Å². The molecule has 0 aliphatic carbocycles. The number of hydrogen-bond donors (Lipinski definition) is 1. The highest BCUT2D eigenvalue weighted by Gasteiger charge is 2.19. The number of hydrogen-bond acceptors (Lipinski definition) is 6. The molecular formula is C21H26N2O3S2. The van der Waals surface area contributed by atoms with Crippen molar-refractivity contribution in [1.29, 1.82) is 0 Å². The number of ether oxygens (including phenoxy) is 1. The number of fused-ring (bicyclic) bond motifs is 1. The smallest absolute Gasteiger partial charge is 0.315 e. The van der Waals surface area contributed by atoms with Crippen LogP contribution in [0, 0.1) is 11.8 Å². The molecule has 0 aliphatic rings. The number of thiazole rings is 1. The van der Waals surface area contributed by atoms with Gasteiger partial charge in [0, 0.05) is 24.3 Å². The SMILES string of the molecule is CCCC#CCCSc1nc2ccc(NC(=O)CC(=O)OC(C)(C)C)cc2s1. The first-order chi connectivity index (χ1) is 13.3. The van der Waals surface area contributed by atoms with E-state index < -0.39 is 17.5 Å². The van der Waals surface area contributed by atoms with Gasteiger partial charge in [-0.15, -0.1) is 23.2 Å². The fraction of sp³-hybridized carbons (Fsp3) is 0.476. The van der Waals surface area contributed by atoms with E-state index >= 15 is 0 Å². The van der Waals surface area contributed by atoms with E-state index in [0.29, 0.717) is 5.69 Å². The molecule has 0 spiro atoms. The number of rotatable bonds is 7. The summed E-state index contributed by atoms with van der Waals surface area (Å²) in [5.41, 5.74) is 0.940. The lowest BCUT2D eigenvalue weighted by molar-refractivity contribution is -0.155. The molecule has 0 aliphatic heterocycles. The van der Waals surface area contributed by atoms with Crippen molar-refractivity contribution in [2.45, 2.75) is 63.3 Å². The van der Waals surface area contributed by atoms with Gasteiger partial charge in [0.2, 0.25) is 5.91 Å². The van der Waals surface area contributed by atoms with Gasteiger partial charge < -0.3 is 10.1 Å². The third kappa shape index (κ3) is 7.91. The van der Waals surface area contributed by atoms with Crippen LogP contribution in [-0.4, -0.2) is 28.2 Å². The first-order valence-electron chi connectivity index (χ1n) is 9.27. The molecule has 0 atom stereocenters. The Hall–Kier alpha value is -2.04. The predicted octanol–water partition coefficient (Wildman–Crippen LogP) is 5.25. The van der Waals surface area contributed by atoms with Crippen molar-refractivity contribution >= 4 is 50.9 Å². The van der Waals surface area contributed by atoms with Crippen molar-refractivity contribution in [2.24, 2.45) is 0 Å². The molecule has 0 unspecified atom stereocenters. The molecule has 0 saturated heterocycles. The lowest BCUT2D eigenvalue weighted by atomic mass is 10.2. The van der Waals surface area contributed by atoms with Crippen molar-refractivity contribution in [1.82, 2.24) is 4.98 Å². The molecule has 1 amide bonds. The average molecular weight is 419 g/mol. The number of unbranched alkanes of at least 4 members (excludes halogenated alkanes) is 1. The zero-order chi connectivity index (χ0) is 20.6. The van der Waals surface area contributed by atoms with Gasteiger partial charge in [0.15, 0.2) is 4.34 Å². The summed E-state index contributed by atoms with van der Waals surface area (Å²) in [6.45, 7) is 7.44. The Morgan fingerprint density at radius 1 is 1.25 bits per heavy atom. The molecular weight excluding hydrogens is 392 g/mol. The number of benzene rings is 1. The number of thioether (sulfide) groups is 1. The number of aromatic nitrogens is 1. The van der Waals surface area contributed by atoms with Crippen LogP contribution < -0.4 is 5.32 Å². The van der Waals surface area contributed by atoms with E-state index in [2.05, 4.69) is 29.1 Å². The van der Waals surface area contributed by atoms with Crippen LogP contribution in [0.3, 0.4) is 0 Å². The fourth-order valence-electron chi connectivity index (χ4n) is 2.25. The standard InChI is InChI=1S/C21H26N2O3S2/c1-5-6-7-8-9-12-27-20-23-16-11-10-15(13-17(16)28-20)22-18(24)14-19(25)26-21(2,3)4/h10-11,13H,5-6,9,12,14H2,1-4H3,(H,22,24). The molecule has 0 saturated carbocycles. The molecule has 0 bridgehead atoms. The molecule has 0 fully saturated rings. The highest BCUT2D eigenvalue weighted by atomic mass is 32.2. The van der Waals surface area contributed by atoms with Gasteiger partial charge in [-0.1, -0.05) is 18.7 Å². The van der Waals surface area contributed by atoms with Gasteiger partial charge in [-0.05, 0) is 45.4 Å². The number of carbonyl (C=O) groups excluding carboxylic acids is 2. The lowest BCUT2D eigenvalue weighted by Gasteiger charge is -2.19. The molecule has 2 rings (SSSR count). The quantitative estimate of drug-likeness (QED) is 0.219. The summed E-state index contributed by atoms with van der Waals surface area (Å²) in [6, 6.07) is 5.55. The minimum atomic E-state index is -0.603. The molecule has 7 heteroatoms. The number of nitrogens with zero attached hydrogens (tertiary/aromatic N) is 1. The Morgan fingerprint density at radius 2 is 2.00 bits per heavy atom. The Balaban J connectivity index is 1.90. The molecule has 1 aromatic heterocycles. The summed E-state index contributed by atoms with van der Waals surface area (Å²) in [7, 11) is 0. The van der Waals surface area contributed by atoms with Crippen LogP contribution in [0.4, 0.5) is 5.69 Å². The molecule has 150 valence electrons. The first-order valence-corrected chi connectivity index (χ1v) is 11.1. The molecule has 1 N–H and O–H groups in total. The summed E-state index contributed by atoms with van der Waals surface area (Å²) >= 11 is 3.28. The van der Waals surface area contributed by atoms with Crippen LogP contribution in [0.2, 0.25) is 0 Å². The van der Waals surface area contributed by atoms with Gasteiger partial charge in [-0.25, -0.2) is 4.98 Å². The summed E-state index contributed by atoms with van der Waals surface area (Å²) in [4.78, 5) is 28.4. The average Bonchev–Trinajstić information content (AvgIpc) is 2.98. The molecule has 1 heterocycles. The summed E-state index contributed by atoms with van der Waals surface area (Å²) < 4.78 is 7.15. The maximum Gasteiger partial charge on any atom is 0.315 e. The zero-order valence-corrected chi connectivity index (χ0v) is 18.4. The van der Waals surface area contributed by atoms with Crippen molar-refractivity contribution in [3.05, 3.63) is 18.2 Å². The van der Waals surface area contributed by atoms with Gasteiger partial charge in [-0.3, -0.25) is 9.59 Å². The second-order valence-electron chi connectivity index (χ2n) is 7.18. The third-order valence-electron chi connectivity index (χ3n) is 3.33. The third-order valence-corrected chi connectivity index (χ3v) is 5.49. The lowest BCUT2D eigenvalue weighted by Crippen LogP contribution is -2.27.